The highest BCUT2D eigenvalue weighted by Crippen LogP contribution is 2.19. The van der Waals surface area contributed by atoms with Crippen LogP contribution < -0.4 is 5.32 Å². The SMILES string of the molecule is CC[C@@H]1CN(C(=O)c2cnc(NC)nc2)CCC(=O)N1Cc1ccccc1. The minimum atomic E-state index is -0.134. The Labute approximate surface area is 159 Å². The topological polar surface area (TPSA) is 78.4 Å². The summed E-state index contributed by atoms with van der Waals surface area (Å²) in [6.07, 6.45) is 4.16. The number of aromatic nitrogens is 2. The van der Waals surface area contributed by atoms with Gasteiger partial charge in [0.1, 0.15) is 0 Å². The molecule has 27 heavy (non-hydrogen) atoms. The van der Waals surface area contributed by atoms with Crippen molar-refractivity contribution in [2.24, 2.45) is 0 Å². The molecule has 0 unspecified atom stereocenters. The van der Waals surface area contributed by atoms with E-state index in [0.717, 1.165) is 12.0 Å². The predicted octanol–water partition coefficient (Wildman–Crippen LogP) is 2.17. The van der Waals surface area contributed by atoms with Gasteiger partial charge in [0.15, 0.2) is 0 Å². The zero-order valence-corrected chi connectivity index (χ0v) is 15.8. The van der Waals surface area contributed by atoms with Crippen LogP contribution in [-0.4, -0.2) is 57.8 Å². The summed E-state index contributed by atoms with van der Waals surface area (Å²) in [5.74, 6) is 0.423. The van der Waals surface area contributed by atoms with Gasteiger partial charge < -0.3 is 15.1 Å². The fourth-order valence-corrected chi connectivity index (χ4v) is 3.30. The lowest BCUT2D eigenvalue weighted by molar-refractivity contribution is -0.133. The Morgan fingerprint density at radius 3 is 2.56 bits per heavy atom. The van der Waals surface area contributed by atoms with Gasteiger partial charge in [-0.3, -0.25) is 9.59 Å². The highest BCUT2D eigenvalue weighted by Gasteiger charge is 2.31. The van der Waals surface area contributed by atoms with Crippen molar-refractivity contribution in [1.82, 2.24) is 19.8 Å². The first-order chi connectivity index (χ1) is 13.1. The molecule has 3 rings (SSSR count). The maximum Gasteiger partial charge on any atom is 0.257 e. The highest BCUT2D eigenvalue weighted by molar-refractivity contribution is 5.94. The number of amides is 2. The zero-order valence-electron chi connectivity index (χ0n) is 15.8. The molecule has 7 heteroatoms. The Morgan fingerprint density at radius 2 is 1.93 bits per heavy atom. The Hall–Kier alpha value is -2.96. The van der Waals surface area contributed by atoms with Crippen molar-refractivity contribution in [3.63, 3.8) is 0 Å². The van der Waals surface area contributed by atoms with E-state index in [-0.39, 0.29) is 17.9 Å². The molecule has 2 amide bonds. The molecule has 7 nitrogen and oxygen atoms in total. The summed E-state index contributed by atoms with van der Waals surface area (Å²) in [5, 5.41) is 2.84. The van der Waals surface area contributed by atoms with Crippen molar-refractivity contribution in [1.29, 1.82) is 0 Å². The first-order valence-corrected chi connectivity index (χ1v) is 9.24. The summed E-state index contributed by atoms with van der Waals surface area (Å²) in [6, 6.07) is 9.95. The number of carbonyl (C=O) groups excluding carboxylic acids is 2. The molecule has 0 aliphatic carbocycles. The molecule has 0 bridgehead atoms. The van der Waals surface area contributed by atoms with E-state index in [2.05, 4.69) is 22.2 Å². The molecule has 1 aromatic heterocycles. The van der Waals surface area contributed by atoms with Crippen molar-refractivity contribution >= 4 is 17.8 Å². The van der Waals surface area contributed by atoms with Gasteiger partial charge in [0, 0.05) is 51.5 Å². The number of carbonyl (C=O) groups is 2. The zero-order chi connectivity index (χ0) is 19.2. The molecule has 2 heterocycles. The normalized spacial score (nSPS) is 17.6. The van der Waals surface area contributed by atoms with E-state index in [4.69, 9.17) is 0 Å². The first-order valence-electron chi connectivity index (χ1n) is 9.24. The molecule has 2 aromatic rings. The number of nitrogens with one attached hydrogen (secondary N) is 1. The number of rotatable bonds is 5. The number of benzene rings is 1. The monoisotopic (exact) mass is 367 g/mol. The number of hydrogen-bond acceptors (Lipinski definition) is 5. The van der Waals surface area contributed by atoms with Crippen LogP contribution >= 0.6 is 0 Å². The van der Waals surface area contributed by atoms with Crippen LogP contribution in [0.15, 0.2) is 42.7 Å². The second-order valence-electron chi connectivity index (χ2n) is 6.62. The van der Waals surface area contributed by atoms with E-state index in [1.165, 1.54) is 12.4 Å². The van der Waals surface area contributed by atoms with Gasteiger partial charge in [-0.25, -0.2) is 9.97 Å². The van der Waals surface area contributed by atoms with E-state index in [1.54, 1.807) is 11.9 Å². The summed E-state index contributed by atoms with van der Waals surface area (Å²) in [4.78, 5) is 37.5. The summed E-state index contributed by atoms with van der Waals surface area (Å²) in [5.41, 5.74) is 1.54. The van der Waals surface area contributed by atoms with E-state index in [9.17, 15) is 9.59 Å². The van der Waals surface area contributed by atoms with Gasteiger partial charge in [-0.15, -0.1) is 0 Å². The third kappa shape index (κ3) is 4.42. The molecule has 142 valence electrons. The van der Waals surface area contributed by atoms with E-state index in [1.807, 2.05) is 35.2 Å². The number of nitrogens with zero attached hydrogens (tertiary/aromatic N) is 4. The van der Waals surface area contributed by atoms with E-state index >= 15 is 0 Å². The molecular weight excluding hydrogens is 342 g/mol. The molecule has 0 radical (unpaired) electrons. The summed E-state index contributed by atoms with van der Waals surface area (Å²) < 4.78 is 0. The molecule has 1 aromatic carbocycles. The number of anilines is 1. The maximum absolute atomic E-state index is 12.9. The standard InChI is InChI=1S/C20H25N5O2/c1-3-17-14-24(19(27)16-11-22-20(21-2)23-12-16)10-9-18(26)25(17)13-15-7-5-4-6-8-15/h4-8,11-12,17H,3,9-10,13-14H2,1-2H3,(H,21,22,23)/t17-/m1/s1. The van der Waals surface area contributed by atoms with Crippen molar-refractivity contribution in [3.05, 3.63) is 53.9 Å². The molecule has 1 N–H and O–H groups in total. The molecule has 1 fully saturated rings. The van der Waals surface area contributed by atoms with Gasteiger partial charge in [0.25, 0.3) is 5.91 Å². The van der Waals surface area contributed by atoms with Crippen LogP contribution in [0.5, 0.6) is 0 Å². The van der Waals surface area contributed by atoms with Crippen molar-refractivity contribution in [2.45, 2.75) is 32.4 Å². The van der Waals surface area contributed by atoms with Crippen molar-refractivity contribution in [3.8, 4) is 0 Å². The lowest BCUT2D eigenvalue weighted by Crippen LogP contribution is -2.43. The molecular formula is C20H25N5O2. The van der Waals surface area contributed by atoms with Crippen molar-refractivity contribution in [2.75, 3.05) is 25.5 Å². The Bertz CT molecular complexity index is 779. The molecule has 1 aliphatic heterocycles. The smallest absolute Gasteiger partial charge is 0.257 e. The predicted molar refractivity (Wildman–Crippen MR) is 103 cm³/mol. The van der Waals surface area contributed by atoms with Crippen LogP contribution in [0, 0.1) is 0 Å². The molecule has 1 saturated heterocycles. The average Bonchev–Trinajstić information content (AvgIpc) is 2.87. The fraction of sp³-hybridized carbons (Fsp3) is 0.400. The Morgan fingerprint density at radius 1 is 1.22 bits per heavy atom. The molecule has 1 atom stereocenters. The first kappa shape index (κ1) is 18.8. The largest absolute Gasteiger partial charge is 0.357 e. The van der Waals surface area contributed by atoms with Crippen molar-refractivity contribution < 1.29 is 9.59 Å². The number of hydrogen-bond donors (Lipinski definition) is 1. The lowest BCUT2D eigenvalue weighted by atomic mass is 10.1. The van der Waals surface area contributed by atoms with E-state index in [0.29, 0.717) is 37.6 Å². The summed E-state index contributed by atoms with van der Waals surface area (Å²) >= 11 is 0. The van der Waals surface area contributed by atoms with E-state index < -0.39 is 0 Å². The van der Waals surface area contributed by atoms with Gasteiger partial charge >= 0.3 is 0 Å². The average molecular weight is 367 g/mol. The minimum absolute atomic E-state index is 0.0124. The third-order valence-corrected chi connectivity index (χ3v) is 4.86. The van der Waals surface area contributed by atoms with Gasteiger partial charge in [-0.2, -0.15) is 0 Å². The van der Waals surface area contributed by atoms with Crippen LogP contribution in [-0.2, 0) is 11.3 Å². The van der Waals surface area contributed by atoms with Crippen LogP contribution in [0.4, 0.5) is 5.95 Å². The molecule has 0 saturated carbocycles. The van der Waals surface area contributed by atoms with Gasteiger partial charge in [-0.05, 0) is 12.0 Å². The highest BCUT2D eigenvalue weighted by atomic mass is 16.2. The minimum Gasteiger partial charge on any atom is -0.357 e. The fourth-order valence-electron chi connectivity index (χ4n) is 3.30. The van der Waals surface area contributed by atoms with Gasteiger partial charge in [0.2, 0.25) is 11.9 Å². The molecule has 1 aliphatic rings. The lowest BCUT2D eigenvalue weighted by Gasteiger charge is -2.31. The van der Waals surface area contributed by atoms with Gasteiger partial charge in [-0.1, -0.05) is 37.3 Å². The van der Waals surface area contributed by atoms with Gasteiger partial charge in [0.05, 0.1) is 5.56 Å². The van der Waals surface area contributed by atoms with Crippen LogP contribution in [0.1, 0.15) is 35.7 Å². The second-order valence-corrected chi connectivity index (χ2v) is 6.62. The maximum atomic E-state index is 12.9. The van der Waals surface area contributed by atoms with Crippen LogP contribution in [0.25, 0.3) is 0 Å². The quantitative estimate of drug-likeness (QED) is 0.876. The summed E-state index contributed by atoms with van der Waals surface area (Å²) in [7, 11) is 1.73. The second kappa shape index (κ2) is 8.62. The van der Waals surface area contributed by atoms with Crippen LogP contribution in [0.2, 0.25) is 0 Å². The Balaban J connectivity index is 1.76. The Kier molecular flexibility index (Phi) is 6.01. The molecule has 0 spiro atoms. The van der Waals surface area contributed by atoms with Crippen LogP contribution in [0.3, 0.4) is 0 Å². The summed E-state index contributed by atoms with van der Waals surface area (Å²) in [6.45, 7) is 3.55. The third-order valence-electron chi connectivity index (χ3n) is 4.86.